The normalized spacial score (nSPS) is 17.7. The molecular formula is C20H28N2O4. The number of fused-ring (bicyclic) bond motifs is 1. The van der Waals surface area contributed by atoms with Crippen LogP contribution in [-0.4, -0.2) is 55.5 Å². The van der Waals surface area contributed by atoms with E-state index in [0.717, 1.165) is 32.5 Å². The van der Waals surface area contributed by atoms with Crippen LogP contribution in [-0.2, 0) is 4.79 Å². The Hall–Kier alpha value is -2.08. The summed E-state index contributed by atoms with van der Waals surface area (Å²) in [6.07, 6.45) is 3.57. The molecule has 1 N–H and O–H groups in total. The van der Waals surface area contributed by atoms with E-state index in [9.17, 15) is 9.59 Å². The van der Waals surface area contributed by atoms with E-state index in [0.29, 0.717) is 30.3 Å². The smallest absolute Gasteiger partial charge is 0.220 e. The molecular weight excluding hydrogens is 332 g/mol. The van der Waals surface area contributed by atoms with Gasteiger partial charge in [-0.15, -0.1) is 0 Å². The minimum Gasteiger partial charge on any atom is -0.486 e. The van der Waals surface area contributed by atoms with Crippen LogP contribution in [0.2, 0.25) is 0 Å². The second kappa shape index (κ2) is 9.03. The van der Waals surface area contributed by atoms with E-state index >= 15 is 0 Å². The van der Waals surface area contributed by atoms with Gasteiger partial charge in [-0.25, -0.2) is 0 Å². The first kappa shape index (κ1) is 18.7. The van der Waals surface area contributed by atoms with E-state index in [4.69, 9.17) is 9.47 Å². The van der Waals surface area contributed by atoms with E-state index in [1.54, 1.807) is 18.2 Å². The number of Topliss-reactive ketones (excluding diaryl/α,β-unsaturated/α-hetero) is 1. The third-order valence-corrected chi connectivity index (χ3v) is 4.94. The van der Waals surface area contributed by atoms with Gasteiger partial charge in [0.15, 0.2) is 17.3 Å². The molecule has 0 bridgehead atoms. The zero-order valence-corrected chi connectivity index (χ0v) is 15.5. The van der Waals surface area contributed by atoms with Crippen molar-refractivity contribution in [1.29, 1.82) is 0 Å². The summed E-state index contributed by atoms with van der Waals surface area (Å²) in [5, 5.41) is 3.08. The highest BCUT2D eigenvalue weighted by atomic mass is 16.6. The molecule has 0 atom stereocenters. The van der Waals surface area contributed by atoms with Crippen LogP contribution in [0.3, 0.4) is 0 Å². The molecule has 0 radical (unpaired) electrons. The average Bonchev–Trinajstić information content (AvgIpc) is 2.67. The second-order valence-corrected chi connectivity index (χ2v) is 6.97. The molecule has 1 fully saturated rings. The summed E-state index contributed by atoms with van der Waals surface area (Å²) >= 11 is 0. The molecule has 2 aliphatic rings. The minimum absolute atomic E-state index is 0.0372. The Balaban J connectivity index is 1.42. The van der Waals surface area contributed by atoms with Gasteiger partial charge in [0.2, 0.25) is 5.91 Å². The van der Waals surface area contributed by atoms with Crippen molar-refractivity contribution in [2.24, 2.45) is 0 Å². The molecule has 0 unspecified atom stereocenters. The van der Waals surface area contributed by atoms with Crippen LogP contribution < -0.4 is 14.8 Å². The minimum atomic E-state index is -0.0464. The highest BCUT2D eigenvalue weighted by Crippen LogP contribution is 2.31. The van der Waals surface area contributed by atoms with Crippen molar-refractivity contribution in [3.8, 4) is 11.5 Å². The van der Waals surface area contributed by atoms with Crippen molar-refractivity contribution < 1.29 is 19.1 Å². The lowest BCUT2D eigenvalue weighted by molar-refractivity contribution is -0.122. The van der Waals surface area contributed by atoms with Crippen molar-refractivity contribution in [2.75, 3.05) is 32.8 Å². The number of nitrogens with one attached hydrogen (secondary N) is 1. The standard InChI is InChI=1S/C20H28N2O4/c1-2-9-22-10-7-16(8-11-22)21-20(24)6-4-17(23)15-3-5-18-19(14-15)26-13-12-25-18/h3,5,14,16H,2,4,6-13H2,1H3,(H,21,24). The second-order valence-electron chi connectivity index (χ2n) is 6.97. The zero-order chi connectivity index (χ0) is 18.4. The van der Waals surface area contributed by atoms with Gasteiger partial charge in [0.1, 0.15) is 13.2 Å². The number of hydrogen-bond acceptors (Lipinski definition) is 5. The summed E-state index contributed by atoms with van der Waals surface area (Å²) in [5.41, 5.74) is 0.565. The SMILES string of the molecule is CCCN1CCC(NC(=O)CCC(=O)c2ccc3c(c2)OCCO3)CC1. The van der Waals surface area contributed by atoms with Crippen LogP contribution >= 0.6 is 0 Å². The molecule has 2 aliphatic heterocycles. The van der Waals surface area contributed by atoms with Crippen molar-refractivity contribution >= 4 is 11.7 Å². The molecule has 142 valence electrons. The number of rotatable bonds is 7. The van der Waals surface area contributed by atoms with Crippen LogP contribution in [0, 0.1) is 0 Å². The fourth-order valence-electron chi connectivity index (χ4n) is 3.51. The molecule has 1 aromatic rings. The van der Waals surface area contributed by atoms with Crippen molar-refractivity contribution in [1.82, 2.24) is 10.2 Å². The average molecular weight is 360 g/mol. The Morgan fingerprint density at radius 3 is 2.58 bits per heavy atom. The molecule has 1 amide bonds. The molecule has 0 aliphatic carbocycles. The first-order chi connectivity index (χ1) is 12.7. The third-order valence-electron chi connectivity index (χ3n) is 4.94. The predicted molar refractivity (Wildman–Crippen MR) is 98.9 cm³/mol. The Bertz CT molecular complexity index is 639. The summed E-state index contributed by atoms with van der Waals surface area (Å²) in [6.45, 7) is 6.41. The van der Waals surface area contributed by atoms with Crippen molar-refractivity contribution in [2.45, 2.75) is 45.1 Å². The monoisotopic (exact) mass is 360 g/mol. The van der Waals surface area contributed by atoms with E-state index in [1.807, 2.05) is 0 Å². The fraction of sp³-hybridized carbons (Fsp3) is 0.600. The number of likely N-dealkylation sites (tertiary alicyclic amines) is 1. The van der Waals surface area contributed by atoms with Gasteiger partial charge in [0.05, 0.1) is 0 Å². The number of carbonyl (C=O) groups is 2. The van der Waals surface area contributed by atoms with Gasteiger partial charge < -0.3 is 19.7 Å². The molecule has 0 aromatic heterocycles. The lowest BCUT2D eigenvalue weighted by atomic mass is 10.0. The fourth-order valence-corrected chi connectivity index (χ4v) is 3.51. The lowest BCUT2D eigenvalue weighted by Gasteiger charge is -2.32. The van der Waals surface area contributed by atoms with Crippen molar-refractivity contribution in [3.63, 3.8) is 0 Å². The summed E-state index contributed by atoms with van der Waals surface area (Å²) in [7, 11) is 0. The Labute approximate surface area is 154 Å². The van der Waals surface area contributed by atoms with Crippen LogP contribution in [0.1, 0.15) is 49.4 Å². The molecule has 2 heterocycles. The Morgan fingerprint density at radius 1 is 1.12 bits per heavy atom. The van der Waals surface area contributed by atoms with E-state index in [1.165, 1.54) is 6.42 Å². The van der Waals surface area contributed by atoms with Crippen LogP contribution in [0.25, 0.3) is 0 Å². The number of ether oxygens (including phenoxy) is 2. The quantitative estimate of drug-likeness (QED) is 0.757. The number of ketones is 1. The summed E-state index contributed by atoms with van der Waals surface area (Å²) in [5.74, 6) is 1.19. The number of nitrogens with zero attached hydrogens (tertiary/aromatic N) is 1. The van der Waals surface area contributed by atoms with Gasteiger partial charge in [-0.3, -0.25) is 9.59 Å². The maximum atomic E-state index is 12.4. The number of benzene rings is 1. The summed E-state index contributed by atoms with van der Waals surface area (Å²) < 4.78 is 11.0. The maximum Gasteiger partial charge on any atom is 0.220 e. The molecule has 3 rings (SSSR count). The molecule has 1 aromatic carbocycles. The first-order valence-corrected chi connectivity index (χ1v) is 9.60. The number of piperidine rings is 1. The Morgan fingerprint density at radius 2 is 1.85 bits per heavy atom. The number of carbonyl (C=O) groups excluding carboxylic acids is 2. The largest absolute Gasteiger partial charge is 0.486 e. The van der Waals surface area contributed by atoms with E-state index < -0.39 is 0 Å². The van der Waals surface area contributed by atoms with Gasteiger partial charge in [-0.2, -0.15) is 0 Å². The molecule has 1 saturated heterocycles. The predicted octanol–water partition coefficient (Wildman–Crippen LogP) is 2.41. The lowest BCUT2D eigenvalue weighted by Crippen LogP contribution is -2.44. The van der Waals surface area contributed by atoms with Crippen LogP contribution in [0.5, 0.6) is 11.5 Å². The molecule has 6 nitrogen and oxygen atoms in total. The highest BCUT2D eigenvalue weighted by molar-refractivity contribution is 5.98. The number of hydrogen-bond donors (Lipinski definition) is 1. The van der Waals surface area contributed by atoms with Gasteiger partial charge in [0.25, 0.3) is 0 Å². The zero-order valence-electron chi connectivity index (χ0n) is 15.5. The van der Waals surface area contributed by atoms with E-state index in [-0.39, 0.29) is 30.6 Å². The van der Waals surface area contributed by atoms with Gasteiger partial charge >= 0.3 is 0 Å². The van der Waals surface area contributed by atoms with Gasteiger partial charge in [-0.1, -0.05) is 6.92 Å². The molecule has 0 spiro atoms. The number of amides is 1. The van der Waals surface area contributed by atoms with E-state index in [2.05, 4.69) is 17.1 Å². The summed E-state index contributed by atoms with van der Waals surface area (Å²) in [4.78, 5) is 27.0. The van der Waals surface area contributed by atoms with Crippen LogP contribution in [0.15, 0.2) is 18.2 Å². The van der Waals surface area contributed by atoms with Gasteiger partial charge in [0, 0.05) is 37.5 Å². The van der Waals surface area contributed by atoms with Crippen molar-refractivity contribution in [3.05, 3.63) is 23.8 Å². The Kier molecular flexibility index (Phi) is 6.50. The summed E-state index contributed by atoms with van der Waals surface area (Å²) in [6, 6.07) is 5.43. The highest BCUT2D eigenvalue weighted by Gasteiger charge is 2.21. The molecule has 6 heteroatoms. The first-order valence-electron chi connectivity index (χ1n) is 9.60. The topological polar surface area (TPSA) is 67.9 Å². The molecule has 26 heavy (non-hydrogen) atoms. The molecule has 0 saturated carbocycles. The maximum absolute atomic E-state index is 12.4. The van der Waals surface area contributed by atoms with Crippen LogP contribution in [0.4, 0.5) is 0 Å². The van der Waals surface area contributed by atoms with Gasteiger partial charge in [-0.05, 0) is 44.0 Å². The third kappa shape index (κ3) is 4.97.